The van der Waals surface area contributed by atoms with E-state index in [0.717, 1.165) is 31.2 Å². The zero-order valence-electron chi connectivity index (χ0n) is 15.9. The molecule has 1 N–H and O–H groups in total. The molecular formula is C21H28N2O4. The molecule has 1 aliphatic heterocycles. The zero-order valence-corrected chi connectivity index (χ0v) is 15.9. The third-order valence-corrected chi connectivity index (χ3v) is 4.49. The average molecular weight is 372 g/mol. The number of rotatable bonds is 6. The van der Waals surface area contributed by atoms with Gasteiger partial charge in [-0.15, -0.1) is 0 Å². The molecule has 1 aliphatic rings. The lowest BCUT2D eigenvalue weighted by atomic mass is 10.1. The molecule has 0 aliphatic carbocycles. The third-order valence-electron chi connectivity index (χ3n) is 4.49. The molecule has 1 atom stereocenters. The second-order valence-corrected chi connectivity index (χ2v) is 6.73. The molecule has 0 unspecified atom stereocenters. The lowest BCUT2D eigenvalue weighted by Gasteiger charge is -2.24. The van der Waals surface area contributed by atoms with Crippen LogP contribution in [0.1, 0.15) is 44.6 Å². The zero-order chi connectivity index (χ0) is 19.5. The van der Waals surface area contributed by atoms with Crippen LogP contribution < -0.4 is 5.32 Å². The van der Waals surface area contributed by atoms with E-state index in [1.54, 1.807) is 11.0 Å². The Kier molecular flexibility index (Phi) is 8.55. The van der Waals surface area contributed by atoms with Gasteiger partial charge in [-0.1, -0.05) is 49.6 Å². The summed E-state index contributed by atoms with van der Waals surface area (Å²) in [6, 6.07) is 8.57. The predicted octanol–water partition coefficient (Wildman–Crippen LogP) is 2.54. The molecule has 1 aromatic rings. The van der Waals surface area contributed by atoms with Crippen LogP contribution in [0, 0.1) is 0 Å². The maximum absolute atomic E-state index is 12.2. The first-order chi connectivity index (χ1) is 13.1. The summed E-state index contributed by atoms with van der Waals surface area (Å²) in [5, 5.41) is 2.55. The van der Waals surface area contributed by atoms with Crippen LogP contribution in [0.4, 0.5) is 0 Å². The number of hydrogen-bond donors (Lipinski definition) is 1. The van der Waals surface area contributed by atoms with Crippen molar-refractivity contribution in [1.82, 2.24) is 10.2 Å². The molecule has 2 amide bonds. The van der Waals surface area contributed by atoms with Gasteiger partial charge in [0.25, 0.3) is 5.91 Å². The fourth-order valence-electron chi connectivity index (χ4n) is 2.90. The number of hydrogen-bond acceptors (Lipinski definition) is 4. The first kappa shape index (κ1) is 20.7. The Morgan fingerprint density at radius 2 is 1.70 bits per heavy atom. The highest BCUT2D eigenvalue weighted by Crippen LogP contribution is 2.10. The normalized spacial score (nSPS) is 16.3. The number of carbonyl (C=O) groups excluding carboxylic acids is 3. The Morgan fingerprint density at radius 1 is 1.07 bits per heavy atom. The van der Waals surface area contributed by atoms with Crippen LogP contribution in [0.5, 0.6) is 0 Å². The monoisotopic (exact) mass is 372 g/mol. The number of carbonyl (C=O) groups is 3. The van der Waals surface area contributed by atoms with Gasteiger partial charge in [-0.2, -0.15) is 0 Å². The molecule has 6 heteroatoms. The highest BCUT2D eigenvalue weighted by Gasteiger charge is 2.20. The van der Waals surface area contributed by atoms with Gasteiger partial charge in [0.2, 0.25) is 5.91 Å². The van der Waals surface area contributed by atoms with Crippen LogP contribution >= 0.6 is 0 Å². The van der Waals surface area contributed by atoms with Crippen molar-refractivity contribution in [3.05, 3.63) is 42.0 Å². The van der Waals surface area contributed by atoms with Gasteiger partial charge in [-0.3, -0.25) is 9.59 Å². The summed E-state index contributed by atoms with van der Waals surface area (Å²) in [5.41, 5.74) is 0.890. The molecule has 1 aromatic carbocycles. The van der Waals surface area contributed by atoms with Crippen molar-refractivity contribution in [2.45, 2.75) is 45.1 Å². The van der Waals surface area contributed by atoms with E-state index in [9.17, 15) is 14.4 Å². The van der Waals surface area contributed by atoms with E-state index in [1.807, 2.05) is 30.3 Å². The molecule has 2 rings (SSSR count). The molecule has 0 saturated carbocycles. The number of benzene rings is 1. The molecule has 1 saturated heterocycles. The van der Waals surface area contributed by atoms with Crippen LogP contribution in [0.25, 0.3) is 6.08 Å². The van der Waals surface area contributed by atoms with Gasteiger partial charge in [-0.05, 0) is 31.4 Å². The summed E-state index contributed by atoms with van der Waals surface area (Å²) < 4.78 is 5.09. The van der Waals surface area contributed by atoms with Crippen LogP contribution in [-0.4, -0.2) is 48.4 Å². The molecule has 0 bridgehead atoms. The lowest BCUT2D eigenvalue weighted by Crippen LogP contribution is -2.41. The first-order valence-electron chi connectivity index (χ1n) is 9.54. The predicted molar refractivity (Wildman–Crippen MR) is 104 cm³/mol. The van der Waals surface area contributed by atoms with Gasteiger partial charge in [0.1, 0.15) is 6.04 Å². The van der Waals surface area contributed by atoms with E-state index in [0.29, 0.717) is 13.1 Å². The molecule has 0 radical (unpaired) electrons. The summed E-state index contributed by atoms with van der Waals surface area (Å²) in [7, 11) is 0. The SMILES string of the molecule is C[C@H](NC(=O)/C=C/c1ccccc1)C(=O)OCC(=O)N1CCCCCCC1. The first-order valence-corrected chi connectivity index (χ1v) is 9.54. The van der Waals surface area contributed by atoms with E-state index in [1.165, 1.54) is 19.4 Å². The Bertz CT molecular complexity index is 649. The van der Waals surface area contributed by atoms with Crippen molar-refractivity contribution in [1.29, 1.82) is 0 Å². The van der Waals surface area contributed by atoms with Gasteiger partial charge in [0, 0.05) is 19.2 Å². The van der Waals surface area contributed by atoms with Gasteiger partial charge in [0.15, 0.2) is 6.61 Å². The van der Waals surface area contributed by atoms with E-state index in [4.69, 9.17) is 4.74 Å². The van der Waals surface area contributed by atoms with Gasteiger partial charge in [0.05, 0.1) is 0 Å². The number of likely N-dealkylation sites (tertiary alicyclic amines) is 1. The third kappa shape index (κ3) is 7.64. The largest absolute Gasteiger partial charge is 0.454 e. The van der Waals surface area contributed by atoms with Crippen molar-refractivity contribution >= 4 is 23.9 Å². The minimum atomic E-state index is -0.821. The molecule has 1 heterocycles. The molecule has 1 fully saturated rings. The number of esters is 1. The van der Waals surface area contributed by atoms with Gasteiger partial charge in [-0.25, -0.2) is 4.79 Å². The Balaban J connectivity index is 1.73. The van der Waals surface area contributed by atoms with Crippen LogP contribution in [0.15, 0.2) is 36.4 Å². The van der Waals surface area contributed by atoms with Crippen molar-refractivity contribution in [2.75, 3.05) is 19.7 Å². The van der Waals surface area contributed by atoms with E-state index >= 15 is 0 Å². The summed E-state index contributed by atoms with van der Waals surface area (Å²) in [5.74, 6) is -1.18. The number of nitrogens with zero attached hydrogens (tertiary/aromatic N) is 1. The summed E-state index contributed by atoms with van der Waals surface area (Å²) >= 11 is 0. The Morgan fingerprint density at radius 3 is 2.37 bits per heavy atom. The van der Waals surface area contributed by atoms with E-state index in [-0.39, 0.29) is 12.5 Å². The van der Waals surface area contributed by atoms with E-state index < -0.39 is 17.9 Å². The highest BCUT2D eigenvalue weighted by atomic mass is 16.5. The van der Waals surface area contributed by atoms with Gasteiger partial charge < -0.3 is 15.0 Å². The molecule has 6 nitrogen and oxygen atoms in total. The molecular weight excluding hydrogens is 344 g/mol. The molecule has 146 valence electrons. The van der Waals surface area contributed by atoms with Gasteiger partial charge >= 0.3 is 5.97 Å². The second kappa shape index (κ2) is 11.2. The minimum Gasteiger partial charge on any atom is -0.454 e. The maximum atomic E-state index is 12.2. The topological polar surface area (TPSA) is 75.7 Å². The standard InChI is InChI=1S/C21H28N2O4/c1-17(22-19(24)13-12-18-10-6-5-7-11-18)21(26)27-16-20(25)23-14-8-3-2-4-9-15-23/h5-7,10-13,17H,2-4,8-9,14-16H2,1H3,(H,22,24)/b13-12+/t17-/m0/s1. The smallest absolute Gasteiger partial charge is 0.328 e. The quantitative estimate of drug-likeness (QED) is 0.615. The van der Waals surface area contributed by atoms with Crippen molar-refractivity contribution in [3.63, 3.8) is 0 Å². The number of ether oxygens (including phenoxy) is 1. The number of amides is 2. The van der Waals surface area contributed by atoms with Crippen LogP contribution in [-0.2, 0) is 19.1 Å². The highest BCUT2D eigenvalue weighted by molar-refractivity contribution is 5.94. The summed E-state index contributed by atoms with van der Waals surface area (Å²) in [6.07, 6.45) is 8.47. The van der Waals surface area contributed by atoms with Crippen molar-refractivity contribution < 1.29 is 19.1 Å². The summed E-state index contributed by atoms with van der Waals surface area (Å²) in [6.45, 7) is 2.69. The number of nitrogens with one attached hydrogen (secondary N) is 1. The fourth-order valence-corrected chi connectivity index (χ4v) is 2.90. The minimum absolute atomic E-state index is 0.173. The lowest BCUT2D eigenvalue weighted by molar-refractivity contribution is -0.154. The second-order valence-electron chi connectivity index (χ2n) is 6.73. The van der Waals surface area contributed by atoms with Crippen LogP contribution in [0.2, 0.25) is 0 Å². The fraction of sp³-hybridized carbons (Fsp3) is 0.476. The molecule has 0 spiro atoms. The van der Waals surface area contributed by atoms with Crippen LogP contribution in [0.3, 0.4) is 0 Å². The van der Waals surface area contributed by atoms with Crippen molar-refractivity contribution in [3.8, 4) is 0 Å². The maximum Gasteiger partial charge on any atom is 0.328 e. The average Bonchev–Trinajstić information content (AvgIpc) is 2.64. The van der Waals surface area contributed by atoms with E-state index in [2.05, 4.69) is 5.32 Å². The summed E-state index contributed by atoms with van der Waals surface area (Å²) in [4.78, 5) is 37.9. The molecule has 27 heavy (non-hydrogen) atoms. The molecule has 0 aromatic heterocycles. The Hall–Kier alpha value is -2.63. The Labute approximate surface area is 160 Å². The van der Waals surface area contributed by atoms with Crippen molar-refractivity contribution in [2.24, 2.45) is 0 Å².